The van der Waals surface area contributed by atoms with E-state index in [0.717, 1.165) is 25.7 Å². The molecule has 0 atom stereocenters. The van der Waals surface area contributed by atoms with E-state index in [1.807, 2.05) is 0 Å². The number of nitrogens with two attached hydrogens (primary N) is 6. The molecule has 0 aromatic rings. The Kier molecular flexibility index (Phi) is 410. The summed E-state index contributed by atoms with van der Waals surface area (Å²) in [6, 6.07) is 0. The first-order valence-corrected chi connectivity index (χ1v) is 5.71. The van der Waals surface area contributed by atoms with Crippen molar-refractivity contribution < 1.29 is 88.0 Å². The largest absolute Gasteiger partial charge is 4.00 e. The quantitative estimate of drug-likeness (QED) is 0.318. The molecule has 0 aliphatic carbocycles. The van der Waals surface area contributed by atoms with E-state index in [2.05, 4.69) is 13.8 Å². The first-order valence-electron chi connectivity index (χ1n) is 5.71. The summed E-state index contributed by atoms with van der Waals surface area (Å²) in [5.74, 6) is 0. The molecule has 8 nitrogen and oxygen atoms in total. The number of halogens is 2. The van der Waals surface area contributed by atoms with E-state index in [1.165, 1.54) is 25.7 Å². The van der Waals surface area contributed by atoms with Crippen molar-refractivity contribution in [1.82, 2.24) is 0 Å². The molecule has 0 aromatic heterocycles. The predicted octanol–water partition coefficient (Wildman–Crippen LogP) is 3.17. The van der Waals surface area contributed by atoms with Crippen molar-refractivity contribution in [2.45, 2.75) is 51.4 Å². The van der Waals surface area contributed by atoms with Crippen LogP contribution in [0.3, 0.4) is 0 Å². The van der Waals surface area contributed by atoms with Crippen molar-refractivity contribution >= 4 is 0 Å². The van der Waals surface area contributed by atoms with E-state index in [1.54, 1.807) is 0 Å². The van der Waals surface area contributed by atoms with Gasteiger partial charge in [0.2, 0.25) is 0 Å². The third kappa shape index (κ3) is 146. The third-order valence-electron chi connectivity index (χ3n) is 1.85. The van der Waals surface area contributed by atoms with Crippen molar-refractivity contribution in [3.05, 3.63) is 62.2 Å². The molecule has 0 aromatic carbocycles. The molecule has 0 spiro atoms. The zero-order chi connectivity index (χ0) is 11.1. The fourth-order valence-electron chi connectivity index (χ4n) is 0.957. The van der Waals surface area contributed by atoms with Gasteiger partial charge in [-0.25, -0.2) is 0 Å². The summed E-state index contributed by atoms with van der Waals surface area (Å²) >= 11 is 0. The second-order valence-electron chi connectivity index (χ2n) is 3.33. The van der Waals surface area contributed by atoms with Gasteiger partial charge in [-0.15, -0.1) is 0 Å². The maximum absolute atomic E-state index is 6.76. The molecular formula is C12H38Cl2N8Pt3-6. The van der Waals surface area contributed by atoms with E-state index in [0.29, 0.717) is 13.1 Å². The van der Waals surface area contributed by atoms with Gasteiger partial charge in [-0.2, -0.15) is 13.1 Å². The molecule has 0 aliphatic heterocycles. The number of unbranched alkanes of at least 4 members (excludes halogenated alkanes) is 6. The molecule has 0 saturated heterocycles. The van der Waals surface area contributed by atoms with Crippen LogP contribution in [0.4, 0.5) is 0 Å². The number of hydrogen-bond donors (Lipinski definition) is 0. The maximum atomic E-state index is 6.76. The molecule has 14 N–H and O–H groups in total. The summed E-state index contributed by atoms with van der Waals surface area (Å²) in [4.78, 5) is 0. The molecule has 0 unspecified atom stereocenters. The summed E-state index contributed by atoms with van der Waals surface area (Å²) in [7, 11) is 0. The van der Waals surface area contributed by atoms with Crippen molar-refractivity contribution in [3.8, 4) is 0 Å². The smallest absolute Gasteiger partial charge is 1.00 e. The van der Waals surface area contributed by atoms with Crippen LogP contribution in [0.5, 0.6) is 0 Å². The van der Waals surface area contributed by atoms with Crippen LogP contribution in [0.15, 0.2) is 0 Å². The minimum absolute atomic E-state index is 0. The summed E-state index contributed by atoms with van der Waals surface area (Å²) in [6.45, 7) is 8.56. The van der Waals surface area contributed by atoms with E-state index < -0.39 is 0 Å². The normalized spacial score (nSPS) is 5.28. The minimum atomic E-state index is 0. The molecule has 0 amide bonds. The summed E-state index contributed by atoms with van der Waals surface area (Å²) in [5.41, 5.74) is 13.5. The van der Waals surface area contributed by atoms with Gasteiger partial charge in [0.1, 0.15) is 0 Å². The van der Waals surface area contributed by atoms with Crippen molar-refractivity contribution in [3.63, 3.8) is 0 Å². The fourth-order valence-corrected chi connectivity index (χ4v) is 0.957. The fraction of sp³-hybridized carbons (Fsp3) is 0.833. The molecule has 176 valence electrons. The first kappa shape index (κ1) is 92.3. The molecule has 0 fully saturated rings. The molecule has 25 heavy (non-hydrogen) atoms. The summed E-state index contributed by atoms with van der Waals surface area (Å²) in [5, 5.41) is 0. The first-order chi connectivity index (χ1) is 6.83. The van der Waals surface area contributed by atoms with Crippen LogP contribution in [-0.4, -0.2) is 13.1 Å². The average Bonchev–Trinajstić information content (AvgIpc) is 2.21. The van der Waals surface area contributed by atoms with Crippen LogP contribution >= 0.6 is 0 Å². The van der Waals surface area contributed by atoms with E-state index in [-0.39, 0.29) is 125 Å². The zero-order valence-electron chi connectivity index (χ0n) is 14.7. The molecule has 0 bridgehead atoms. The standard InChI is InChI=1S/2C6H13N.2ClH.6H2N.3Pt/c2*1-2-3-4-5-6-7;;;;;;;;;;;/h2*7H,1-6H2;2*1H;6*1H2;;;/q2*-1;;;6*-1;;;+4/p-2. The van der Waals surface area contributed by atoms with Gasteiger partial charge < -0.3 is 73.2 Å². The van der Waals surface area contributed by atoms with Gasteiger partial charge in [0, 0.05) is 42.1 Å². The van der Waals surface area contributed by atoms with Gasteiger partial charge in [-0.3, -0.25) is 0 Å². The van der Waals surface area contributed by atoms with Crippen LogP contribution in [-0.2, 0) is 63.2 Å². The van der Waals surface area contributed by atoms with Crippen molar-refractivity contribution in [2.24, 2.45) is 0 Å². The van der Waals surface area contributed by atoms with Gasteiger partial charge in [0.15, 0.2) is 0 Å². The van der Waals surface area contributed by atoms with Crippen LogP contribution in [0, 0.1) is 13.8 Å². The Morgan fingerprint density at radius 1 is 0.480 bits per heavy atom. The minimum Gasteiger partial charge on any atom is -1.00 e. The molecular weight excluding hydrogens is 912 g/mol. The van der Waals surface area contributed by atoms with Crippen LogP contribution < -0.4 is 24.8 Å². The van der Waals surface area contributed by atoms with E-state index in [4.69, 9.17) is 11.5 Å². The zero-order valence-corrected chi connectivity index (χ0v) is 23.0. The van der Waals surface area contributed by atoms with E-state index in [9.17, 15) is 0 Å². The van der Waals surface area contributed by atoms with Gasteiger partial charge in [-0.05, 0) is 0 Å². The number of nitrogens with one attached hydrogen (secondary N) is 2. The molecule has 13 heteroatoms. The van der Waals surface area contributed by atoms with Crippen molar-refractivity contribution in [1.29, 1.82) is 0 Å². The summed E-state index contributed by atoms with van der Waals surface area (Å²) < 4.78 is 0. The van der Waals surface area contributed by atoms with Crippen molar-refractivity contribution in [2.75, 3.05) is 13.1 Å². The Hall–Kier alpha value is 2.32. The number of rotatable bonds is 8. The SMILES string of the molecule is [CH2]CCCCC[NH-].[CH2]CCCCC[NH-].[Cl-].[Cl-].[NH2-].[NH2-].[NH2-].[NH2-].[NH2-].[NH2-].[Pt+4].[Pt].[Pt]. The Morgan fingerprint density at radius 3 is 0.800 bits per heavy atom. The van der Waals surface area contributed by atoms with E-state index >= 15 is 0 Å². The second-order valence-corrected chi connectivity index (χ2v) is 3.33. The topological polar surface area (TPSA) is 249 Å². The van der Waals surface area contributed by atoms with Gasteiger partial charge in [0.25, 0.3) is 0 Å². The van der Waals surface area contributed by atoms with Gasteiger partial charge in [0.05, 0.1) is 0 Å². The van der Waals surface area contributed by atoms with Gasteiger partial charge >= 0.3 is 21.1 Å². The number of hydrogen-bond acceptors (Lipinski definition) is 0. The molecule has 0 aliphatic rings. The van der Waals surface area contributed by atoms with Crippen LogP contribution in [0.25, 0.3) is 48.4 Å². The second kappa shape index (κ2) is 111. The Bertz CT molecular complexity index is 90.8. The van der Waals surface area contributed by atoms with Gasteiger partial charge in [-0.1, -0.05) is 65.2 Å². The molecule has 2 radical (unpaired) electrons. The molecule has 0 saturated carbocycles. The predicted molar refractivity (Wildman–Crippen MR) is 97.7 cm³/mol. The molecule has 0 heterocycles. The van der Waals surface area contributed by atoms with Crippen LogP contribution in [0.2, 0.25) is 0 Å². The Balaban J connectivity index is -0.00000000727. The monoisotopic (exact) mass is 949 g/mol. The maximum Gasteiger partial charge on any atom is 4.00 e. The third-order valence-corrected chi connectivity index (χ3v) is 1.85. The molecule has 0 rings (SSSR count). The summed E-state index contributed by atoms with van der Waals surface area (Å²) in [6.07, 6.45) is 8.92. The average molecular weight is 951 g/mol. The Labute approximate surface area is 213 Å². The Morgan fingerprint density at radius 2 is 0.680 bits per heavy atom. The van der Waals surface area contributed by atoms with Crippen LogP contribution in [0.1, 0.15) is 51.4 Å².